The summed E-state index contributed by atoms with van der Waals surface area (Å²) in [5.74, 6) is 0.228. The van der Waals surface area contributed by atoms with Crippen molar-refractivity contribution in [3.05, 3.63) is 35.6 Å². The van der Waals surface area contributed by atoms with E-state index >= 15 is 0 Å². The molecule has 5 heteroatoms. The van der Waals surface area contributed by atoms with Crippen LogP contribution in [0.15, 0.2) is 24.3 Å². The zero-order chi connectivity index (χ0) is 14.5. The Morgan fingerprint density at radius 3 is 2.95 bits per heavy atom. The molecule has 2 rings (SSSR count). The number of carbonyl (C=O) groups excluding carboxylic acids is 1. The maximum atomic E-state index is 13.1. The number of amides is 1. The van der Waals surface area contributed by atoms with Crippen molar-refractivity contribution in [1.29, 1.82) is 0 Å². The number of piperazine rings is 1. The van der Waals surface area contributed by atoms with Crippen LogP contribution >= 0.6 is 12.4 Å². The minimum absolute atomic E-state index is 0. The number of nitrogens with zero attached hydrogens (tertiary/aromatic N) is 1. The summed E-state index contributed by atoms with van der Waals surface area (Å²) in [6.45, 7) is 6.64. The molecule has 1 aromatic rings. The number of benzene rings is 1. The van der Waals surface area contributed by atoms with Crippen molar-refractivity contribution in [3.8, 4) is 0 Å². The summed E-state index contributed by atoms with van der Waals surface area (Å²) in [6.07, 6.45) is 1.27. The highest BCUT2D eigenvalue weighted by atomic mass is 35.5. The van der Waals surface area contributed by atoms with E-state index in [1.165, 1.54) is 6.07 Å². The summed E-state index contributed by atoms with van der Waals surface area (Å²) in [7, 11) is 0. The topological polar surface area (TPSA) is 32.3 Å². The number of hydrogen-bond donors (Lipinski definition) is 1. The molecule has 1 aliphatic rings. The first-order chi connectivity index (χ1) is 9.56. The molecule has 21 heavy (non-hydrogen) atoms. The van der Waals surface area contributed by atoms with Gasteiger partial charge in [-0.1, -0.05) is 19.1 Å². The van der Waals surface area contributed by atoms with E-state index in [1.807, 2.05) is 11.0 Å². The number of rotatable bonds is 4. The van der Waals surface area contributed by atoms with E-state index in [-0.39, 0.29) is 36.1 Å². The largest absolute Gasteiger partial charge is 0.337 e. The maximum absolute atomic E-state index is 13.1. The number of nitrogens with one attached hydrogen (secondary N) is 1. The first-order valence-electron chi connectivity index (χ1n) is 7.31. The van der Waals surface area contributed by atoms with Gasteiger partial charge in [0.2, 0.25) is 5.91 Å². The van der Waals surface area contributed by atoms with Crippen LogP contribution in [0.1, 0.15) is 25.8 Å². The normalized spacial score (nSPS) is 19.8. The van der Waals surface area contributed by atoms with Crippen LogP contribution in [0.5, 0.6) is 0 Å². The van der Waals surface area contributed by atoms with Gasteiger partial charge in [-0.3, -0.25) is 4.79 Å². The lowest BCUT2D eigenvalue weighted by molar-refractivity contribution is -0.134. The molecule has 118 valence electrons. The van der Waals surface area contributed by atoms with E-state index in [2.05, 4.69) is 19.2 Å². The van der Waals surface area contributed by atoms with Gasteiger partial charge in [0, 0.05) is 32.1 Å². The predicted molar refractivity (Wildman–Crippen MR) is 85.2 cm³/mol. The fourth-order valence-corrected chi connectivity index (χ4v) is 2.77. The van der Waals surface area contributed by atoms with E-state index < -0.39 is 0 Å². The smallest absolute Gasteiger partial charge is 0.223 e. The molecule has 1 aromatic carbocycles. The molecule has 1 N–H and O–H groups in total. The molecule has 1 amide bonds. The molecule has 2 atom stereocenters. The lowest BCUT2D eigenvalue weighted by atomic mass is 9.97. The van der Waals surface area contributed by atoms with Crippen molar-refractivity contribution in [2.24, 2.45) is 5.92 Å². The molecular formula is C16H24ClFN2O. The van der Waals surface area contributed by atoms with Crippen LogP contribution in [0.2, 0.25) is 0 Å². The highest BCUT2D eigenvalue weighted by molar-refractivity contribution is 5.85. The fourth-order valence-electron chi connectivity index (χ4n) is 2.77. The quantitative estimate of drug-likeness (QED) is 0.926. The van der Waals surface area contributed by atoms with E-state index in [0.29, 0.717) is 6.42 Å². The third-order valence-electron chi connectivity index (χ3n) is 3.82. The summed E-state index contributed by atoms with van der Waals surface area (Å²) < 4.78 is 13.1. The lowest BCUT2D eigenvalue weighted by Crippen LogP contribution is -2.52. The van der Waals surface area contributed by atoms with Crippen LogP contribution in [0, 0.1) is 11.7 Å². The maximum Gasteiger partial charge on any atom is 0.223 e. The zero-order valence-electron chi connectivity index (χ0n) is 12.6. The second kappa shape index (κ2) is 8.35. The Morgan fingerprint density at radius 2 is 2.29 bits per heavy atom. The summed E-state index contributed by atoms with van der Waals surface area (Å²) in [5.41, 5.74) is 0.957. The van der Waals surface area contributed by atoms with Gasteiger partial charge >= 0.3 is 0 Å². The van der Waals surface area contributed by atoms with Crippen LogP contribution in [-0.2, 0) is 11.2 Å². The lowest BCUT2D eigenvalue weighted by Gasteiger charge is -2.34. The Balaban J connectivity index is 0.00000220. The second-order valence-electron chi connectivity index (χ2n) is 5.78. The molecule has 1 heterocycles. The molecule has 0 aliphatic carbocycles. The van der Waals surface area contributed by atoms with E-state index in [1.54, 1.807) is 12.1 Å². The van der Waals surface area contributed by atoms with Gasteiger partial charge in [-0.15, -0.1) is 12.4 Å². The average molecular weight is 315 g/mol. The van der Waals surface area contributed by atoms with Crippen LogP contribution in [0.3, 0.4) is 0 Å². The Bertz CT molecular complexity index is 469. The van der Waals surface area contributed by atoms with Gasteiger partial charge in [0.1, 0.15) is 5.82 Å². The molecule has 0 saturated carbocycles. The number of hydrogen-bond acceptors (Lipinski definition) is 2. The van der Waals surface area contributed by atoms with Gasteiger partial charge < -0.3 is 10.2 Å². The Labute approximate surface area is 132 Å². The molecule has 1 fully saturated rings. The average Bonchev–Trinajstić information content (AvgIpc) is 2.38. The standard InChI is InChI=1S/C16H23FN2O.ClH/c1-12(8-14-4-3-5-15(17)10-14)9-16(20)19-7-6-18-11-13(19)2;/h3-5,10,12-13,18H,6-9,11H2,1-2H3;1H. The Hall–Kier alpha value is -1.13. The fraction of sp³-hybridized carbons (Fsp3) is 0.562. The third kappa shape index (κ3) is 5.29. The molecule has 1 aliphatic heterocycles. The monoisotopic (exact) mass is 314 g/mol. The van der Waals surface area contributed by atoms with Crippen molar-refractivity contribution in [3.63, 3.8) is 0 Å². The minimum atomic E-state index is -0.211. The second-order valence-corrected chi connectivity index (χ2v) is 5.78. The van der Waals surface area contributed by atoms with E-state index in [9.17, 15) is 9.18 Å². The molecule has 0 radical (unpaired) electrons. The SMILES string of the molecule is CC(CC(=O)N1CCNCC1C)Cc1cccc(F)c1.Cl. The first-order valence-corrected chi connectivity index (χ1v) is 7.31. The highest BCUT2D eigenvalue weighted by Gasteiger charge is 2.24. The van der Waals surface area contributed by atoms with Gasteiger partial charge in [-0.25, -0.2) is 4.39 Å². The summed E-state index contributed by atoms with van der Waals surface area (Å²) >= 11 is 0. The molecule has 2 unspecified atom stereocenters. The molecule has 0 bridgehead atoms. The van der Waals surface area contributed by atoms with Crippen molar-refractivity contribution in [1.82, 2.24) is 10.2 Å². The summed E-state index contributed by atoms with van der Waals surface area (Å²) in [6, 6.07) is 6.89. The van der Waals surface area contributed by atoms with Crippen molar-refractivity contribution < 1.29 is 9.18 Å². The summed E-state index contributed by atoms with van der Waals surface area (Å²) in [4.78, 5) is 14.3. The van der Waals surface area contributed by atoms with Crippen LogP contribution in [-0.4, -0.2) is 36.5 Å². The van der Waals surface area contributed by atoms with Crippen molar-refractivity contribution >= 4 is 18.3 Å². The van der Waals surface area contributed by atoms with Crippen LogP contribution < -0.4 is 5.32 Å². The molecule has 0 spiro atoms. The first kappa shape index (κ1) is 17.9. The molecular weight excluding hydrogens is 291 g/mol. The van der Waals surface area contributed by atoms with E-state index in [0.717, 1.165) is 31.6 Å². The van der Waals surface area contributed by atoms with Gasteiger partial charge in [0.15, 0.2) is 0 Å². The van der Waals surface area contributed by atoms with Crippen molar-refractivity contribution in [2.75, 3.05) is 19.6 Å². The molecule has 3 nitrogen and oxygen atoms in total. The van der Waals surface area contributed by atoms with Gasteiger partial charge in [-0.05, 0) is 37.0 Å². The predicted octanol–water partition coefficient (Wildman–Crippen LogP) is 2.64. The summed E-state index contributed by atoms with van der Waals surface area (Å²) in [5, 5.41) is 3.28. The third-order valence-corrected chi connectivity index (χ3v) is 3.82. The van der Waals surface area contributed by atoms with Gasteiger partial charge in [0.25, 0.3) is 0 Å². The van der Waals surface area contributed by atoms with Gasteiger partial charge in [0.05, 0.1) is 0 Å². The molecule has 0 aromatic heterocycles. The Morgan fingerprint density at radius 1 is 1.52 bits per heavy atom. The molecule has 1 saturated heterocycles. The van der Waals surface area contributed by atoms with Gasteiger partial charge in [-0.2, -0.15) is 0 Å². The number of halogens is 2. The Kier molecular flexibility index (Phi) is 7.12. The minimum Gasteiger partial charge on any atom is -0.337 e. The van der Waals surface area contributed by atoms with Crippen LogP contribution in [0.25, 0.3) is 0 Å². The van der Waals surface area contributed by atoms with E-state index in [4.69, 9.17) is 0 Å². The van der Waals surface area contributed by atoms with Crippen molar-refractivity contribution in [2.45, 2.75) is 32.7 Å². The number of carbonyl (C=O) groups is 1. The highest BCUT2D eigenvalue weighted by Crippen LogP contribution is 2.16. The van der Waals surface area contributed by atoms with Crippen LogP contribution in [0.4, 0.5) is 4.39 Å². The zero-order valence-corrected chi connectivity index (χ0v) is 13.5.